The van der Waals surface area contributed by atoms with Crippen molar-refractivity contribution in [2.75, 3.05) is 19.6 Å². The monoisotopic (exact) mass is 464 g/mol. The van der Waals surface area contributed by atoms with E-state index in [4.69, 9.17) is 21.0 Å². The highest BCUT2D eigenvalue weighted by molar-refractivity contribution is 6.30. The summed E-state index contributed by atoms with van der Waals surface area (Å²) in [6.45, 7) is 7.66. The van der Waals surface area contributed by atoms with Gasteiger partial charge in [0, 0.05) is 29.1 Å². The van der Waals surface area contributed by atoms with Crippen LogP contribution in [0.15, 0.2) is 52.9 Å². The molecule has 33 heavy (non-hydrogen) atoms. The molecule has 1 saturated heterocycles. The first-order valence-electron chi connectivity index (χ1n) is 12.1. The number of Topliss-reactive ketones (excluding diaryl/α,β-unsaturated/α-hetero) is 1. The molecule has 5 heteroatoms. The fourth-order valence-corrected chi connectivity index (χ4v) is 4.64. The smallest absolute Gasteiger partial charge is 0.227 e. The lowest BCUT2D eigenvalue weighted by molar-refractivity contribution is -0.119. The highest BCUT2D eigenvalue weighted by atomic mass is 35.5. The maximum Gasteiger partial charge on any atom is 0.227 e. The minimum Gasteiger partial charge on any atom is -0.436 e. The van der Waals surface area contributed by atoms with Crippen molar-refractivity contribution in [1.29, 1.82) is 0 Å². The molecule has 0 atom stereocenters. The van der Waals surface area contributed by atoms with Crippen molar-refractivity contribution in [1.82, 2.24) is 9.88 Å². The number of oxazole rings is 1. The Bertz CT molecular complexity index is 1070. The van der Waals surface area contributed by atoms with Gasteiger partial charge in [0.2, 0.25) is 5.89 Å². The van der Waals surface area contributed by atoms with Gasteiger partial charge in [-0.1, -0.05) is 56.1 Å². The third-order valence-corrected chi connectivity index (χ3v) is 6.39. The predicted molar refractivity (Wildman–Crippen MR) is 135 cm³/mol. The average molecular weight is 465 g/mol. The quantitative estimate of drug-likeness (QED) is 0.347. The van der Waals surface area contributed by atoms with Crippen molar-refractivity contribution in [3.8, 4) is 22.8 Å². The molecule has 0 bridgehead atoms. The maximum atomic E-state index is 12.6. The summed E-state index contributed by atoms with van der Waals surface area (Å²) in [7, 11) is 0. The van der Waals surface area contributed by atoms with Crippen molar-refractivity contribution >= 4 is 17.4 Å². The molecule has 4 rings (SSSR count). The van der Waals surface area contributed by atoms with E-state index in [2.05, 4.69) is 43.0 Å². The number of nitrogens with zero attached hydrogens (tertiary/aromatic N) is 2. The Balaban J connectivity index is 1.54. The molecule has 1 aliphatic heterocycles. The van der Waals surface area contributed by atoms with Crippen molar-refractivity contribution < 1.29 is 9.21 Å². The number of rotatable bonds is 9. The van der Waals surface area contributed by atoms with Gasteiger partial charge in [-0.3, -0.25) is 4.79 Å². The van der Waals surface area contributed by atoms with E-state index in [9.17, 15) is 4.79 Å². The van der Waals surface area contributed by atoms with Gasteiger partial charge < -0.3 is 9.32 Å². The summed E-state index contributed by atoms with van der Waals surface area (Å²) in [6, 6.07) is 16.0. The number of carbonyl (C=O) groups excluding carboxylic acids is 1. The fraction of sp³-hybridized carbons (Fsp3) is 0.429. The Morgan fingerprint density at radius 3 is 2.52 bits per heavy atom. The van der Waals surface area contributed by atoms with Crippen molar-refractivity contribution in [2.45, 2.75) is 52.4 Å². The second-order valence-corrected chi connectivity index (χ2v) is 9.90. The van der Waals surface area contributed by atoms with Gasteiger partial charge in [0.15, 0.2) is 5.76 Å². The highest BCUT2D eigenvalue weighted by Gasteiger charge is 2.20. The van der Waals surface area contributed by atoms with E-state index in [1.54, 1.807) is 0 Å². The lowest BCUT2D eigenvalue weighted by Crippen LogP contribution is -2.31. The second-order valence-electron chi connectivity index (χ2n) is 9.47. The molecule has 1 fully saturated rings. The van der Waals surface area contributed by atoms with Crippen molar-refractivity contribution in [2.24, 2.45) is 5.92 Å². The number of aromatic nitrogens is 1. The summed E-state index contributed by atoms with van der Waals surface area (Å²) in [6.07, 6.45) is 5.85. The summed E-state index contributed by atoms with van der Waals surface area (Å²) in [5.74, 6) is 1.65. The van der Waals surface area contributed by atoms with E-state index in [1.807, 2.05) is 24.3 Å². The Morgan fingerprint density at radius 2 is 1.82 bits per heavy atom. The van der Waals surface area contributed by atoms with Gasteiger partial charge in [0.1, 0.15) is 5.78 Å². The van der Waals surface area contributed by atoms with Gasteiger partial charge >= 0.3 is 0 Å². The Hall–Kier alpha value is -2.43. The molecule has 1 aromatic heterocycles. The summed E-state index contributed by atoms with van der Waals surface area (Å²) in [5, 5.41) is 0.628. The topological polar surface area (TPSA) is 46.3 Å². The molecular formula is C28H33ClN2O2. The number of likely N-dealkylation sites (tertiary alicyclic amines) is 1. The van der Waals surface area contributed by atoms with Crippen LogP contribution in [0.3, 0.4) is 0 Å². The van der Waals surface area contributed by atoms with E-state index in [0.717, 1.165) is 24.1 Å². The van der Waals surface area contributed by atoms with Crippen molar-refractivity contribution in [3.63, 3.8) is 0 Å². The molecule has 0 amide bonds. The SMILES string of the molecule is CC(C)CC(=O)Cc1nc(-c2ccc(CCN3CCCCC3)cc2)oc1-c1cccc(Cl)c1. The number of hydrogen-bond donors (Lipinski definition) is 0. The van der Waals surface area contributed by atoms with E-state index in [1.165, 1.54) is 37.9 Å². The van der Waals surface area contributed by atoms with Crippen LogP contribution in [0.5, 0.6) is 0 Å². The summed E-state index contributed by atoms with van der Waals surface area (Å²) in [4.78, 5) is 19.9. The number of carbonyl (C=O) groups is 1. The summed E-state index contributed by atoms with van der Waals surface area (Å²) >= 11 is 6.22. The van der Waals surface area contributed by atoms with E-state index >= 15 is 0 Å². The van der Waals surface area contributed by atoms with Crippen LogP contribution in [0.25, 0.3) is 22.8 Å². The largest absolute Gasteiger partial charge is 0.436 e. The number of benzene rings is 2. The number of piperidine rings is 1. The normalized spacial score (nSPS) is 14.7. The standard InChI is InChI=1S/C28H33ClN2O2/c1-20(2)17-25(32)19-26-27(23-7-6-8-24(29)18-23)33-28(30-26)22-11-9-21(10-12-22)13-16-31-14-4-3-5-15-31/h6-12,18,20H,3-5,13-17,19H2,1-2H3. The van der Waals surface area contributed by atoms with Crippen molar-refractivity contribution in [3.05, 3.63) is 64.8 Å². The molecule has 0 N–H and O–H groups in total. The molecule has 4 nitrogen and oxygen atoms in total. The lowest BCUT2D eigenvalue weighted by Gasteiger charge is -2.26. The van der Waals surface area contributed by atoms with Gasteiger partial charge in [-0.2, -0.15) is 0 Å². The Labute approximate surface area is 202 Å². The summed E-state index contributed by atoms with van der Waals surface area (Å²) in [5.41, 5.74) is 3.75. The van der Waals surface area contributed by atoms with Crippen LogP contribution in [0, 0.1) is 5.92 Å². The average Bonchev–Trinajstić information content (AvgIpc) is 3.22. The molecular weight excluding hydrogens is 432 g/mol. The zero-order chi connectivity index (χ0) is 23.2. The predicted octanol–water partition coefficient (Wildman–Crippen LogP) is 6.85. The van der Waals surface area contributed by atoms with Crippen LogP contribution in [0.4, 0.5) is 0 Å². The van der Waals surface area contributed by atoms with Crippen LogP contribution in [0.2, 0.25) is 5.02 Å². The molecule has 2 aromatic carbocycles. The molecule has 0 unspecified atom stereocenters. The maximum absolute atomic E-state index is 12.6. The first-order chi connectivity index (χ1) is 16.0. The molecule has 174 valence electrons. The Morgan fingerprint density at radius 1 is 1.06 bits per heavy atom. The minimum absolute atomic E-state index is 0.168. The highest BCUT2D eigenvalue weighted by Crippen LogP contribution is 2.32. The molecule has 3 aromatic rings. The van der Waals surface area contributed by atoms with Crippen LogP contribution < -0.4 is 0 Å². The van der Waals surface area contributed by atoms with Crippen LogP contribution in [-0.2, 0) is 17.6 Å². The van der Waals surface area contributed by atoms with Crippen LogP contribution in [0.1, 0.15) is 50.8 Å². The van der Waals surface area contributed by atoms with Gasteiger partial charge in [0.25, 0.3) is 0 Å². The third-order valence-electron chi connectivity index (χ3n) is 6.15. The zero-order valence-electron chi connectivity index (χ0n) is 19.6. The Kier molecular flexibility index (Phi) is 8.00. The molecule has 0 radical (unpaired) electrons. The summed E-state index contributed by atoms with van der Waals surface area (Å²) < 4.78 is 6.21. The molecule has 1 aliphatic rings. The first-order valence-corrected chi connectivity index (χ1v) is 12.4. The minimum atomic E-state index is 0.168. The zero-order valence-corrected chi connectivity index (χ0v) is 20.4. The van der Waals surface area contributed by atoms with E-state index in [-0.39, 0.29) is 12.2 Å². The third kappa shape index (κ3) is 6.55. The van der Waals surface area contributed by atoms with Gasteiger partial charge in [0.05, 0.1) is 12.1 Å². The molecule has 0 saturated carbocycles. The second kappa shape index (κ2) is 11.1. The number of hydrogen-bond acceptors (Lipinski definition) is 4. The molecule has 2 heterocycles. The van der Waals surface area contributed by atoms with Gasteiger partial charge in [-0.05, 0) is 68.1 Å². The molecule has 0 aliphatic carbocycles. The van der Waals surface area contributed by atoms with E-state index in [0.29, 0.717) is 34.7 Å². The lowest BCUT2D eigenvalue weighted by atomic mass is 10.0. The number of halogens is 1. The van der Waals surface area contributed by atoms with E-state index < -0.39 is 0 Å². The molecule has 0 spiro atoms. The fourth-order valence-electron chi connectivity index (χ4n) is 4.45. The van der Waals surface area contributed by atoms with Gasteiger partial charge in [-0.25, -0.2) is 4.98 Å². The first kappa shape index (κ1) is 23.7. The van der Waals surface area contributed by atoms with Crippen LogP contribution in [-0.4, -0.2) is 35.3 Å². The van der Waals surface area contributed by atoms with Gasteiger partial charge in [-0.15, -0.1) is 0 Å². The number of ketones is 1. The van der Waals surface area contributed by atoms with Crippen LogP contribution >= 0.6 is 11.6 Å².